The number of carbonyl (C=O) groups excluding carboxylic acids is 1. The molecule has 172 valence electrons. The summed E-state index contributed by atoms with van der Waals surface area (Å²) in [7, 11) is -3.59. The van der Waals surface area contributed by atoms with Crippen LogP contribution in [0.2, 0.25) is 0 Å². The number of aromatic nitrogens is 2. The molecule has 0 bridgehead atoms. The second kappa shape index (κ2) is 9.89. The van der Waals surface area contributed by atoms with Crippen LogP contribution >= 0.6 is 0 Å². The molecule has 6 nitrogen and oxygen atoms in total. The van der Waals surface area contributed by atoms with Gasteiger partial charge in [0.2, 0.25) is 10.0 Å². The summed E-state index contributed by atoms with van der Waals surface area (Å²) in [6, 6.07) is 24.4. The molecule has 1 amide bonds. The van der Waals surface area contributed by atoms with Crippen molar-refractivity contribution in [2.75, 3.05) is 6.26 Å². The second-order valence-corrected chi connectivity index (χ2v) is 9.69. The van der Waals surface area contributed by atoms with Crippen molar-refractivity contribution in [3.63, 3.8) is 0 Å². The van der Waals surface area contributed by atoms with Gasteiger partial charge in [-0.25, -0.2) is 13.1 Å². The van der Waals surface area contributed by atoms with E-state index in [0.717, 1.165) is 51.4 Å². The SMILES string of the molecule is CCC(=C(c1ccc(C=CC(=O)NS(C)(=O)=O)cc1)c1ccc2[nH]ncc2c1)c1ccccc1. The fraction of sp³-hybridized carbons (Fsp3) is 0.111. The third kappa shape index (κ3) is 5.50. The molecule has 0 atom stereocenters. The Morgan fingerprint density at radius 3 is 2.35 bits per heavy atom. The number of sulfonamides is 1. The van der Waals surface area contributed by atoms with Gasteiger partial charge in [0.25, 0.3) is 5.91 Å². The Bertz CT molecular complexity index is 1480. The number of allylic oxidation sites excluding steroid dienone is 1. The number of hydrogen-bond acceptors (Lipinski definition) is 4. The summed E-state index contributed by atoms with van der Waals surface area (Å²) in [6.45, 7) is 2.15. The summed E-state index contributed by atoms with van der Waals surface area (Å²) in [5.41, 5.74) is 7.41. The monoisotopic (exact) mass is 471 g/mol. The summed E-state index contributed by atoms with van der Waals surface area (Å²) in [4.78, 5) is 11.8. The summed E-state index contributed by atoms with van der Waals surface area (Å²) in [5, 5.41) is 8.19. The first kappa shape index (κ1) is 23.2. The molecule has 1 aromatic heterocycles. The van der Waals surface area contributed by atoms with Crippen molar-refractivity contribution in [2.45, 2.75) is 13.3 Å². The number of H-pyrrole nitrogens is 1. The molecule has 3 aromatic carbocycles. The van der Waals surface area contributed by atoms with Gasteiger partial charge in [0.1, 0.15) is 0 Å². The summed E-state index contributed by atoms with van der Waals surface area (Å²) < 4.78 is 24.3. The molecule has 0 aliphatic heterocycles. The van der Waals surface area contributed by atoms with E-state index in [0.29, 0.717) is 0 Å². The Morgan fingerprint density at radius 1 is 0.971 bits per heavy atom. The van der Waals surface area contributed by atoms with Gasteiger partial charge in [-0.2, -0.15) is 5.10 Å². The molecule has 0 spiro atoms. The molecule has 0 saturated carbocycles. The largest absolute Gasteiger partial charge is 0.278 e. The number of carbonyl (C=O) groups is 1. The fourth-order valence-electron chi connectivity index (χ4n) is 3.93. The van der Waals surface area contributed by atoms with Crippen molar-refractivity contribution >= 4 is 44.1 Å². The Kier molecular flexibility index (Phi) is 6.75. The van der Waals surface area contributed by atoms with Gasteiger partial charge in [0, 0.05) is 11.5 Å². The van der Waals surface area contributed by atoms with Crippen LogP contribution in [-0.4, -0.2) is 30.8 Å². The minimum absolute atomic E-state index is 0.682. The Labute approximate surface area is 199 Å². The number of nitrogens with one attached hydrogen (secondary N) is 2. The van der Waals surface area contributed by atoms with Crippen LogP contribution in [0.15, 0.2) is 85.1 Å². The highest BCUT2D eigenvalue weighted by Gasteiger charge is 2.14. The smallest absolute Gasteiger partial charge is 0.257 e. The van der Waals surface area contributed by atoms with Gasteiger partial charge in [-0.3, -0.25) is 9.89 Å². The zero-order valence-electron chi connectivity index (χ0n) is 18.9. The first-order chi connectivity index (χ1) is 16.3. The van der Waals surface area contributed by atoms with E-state index in [2.05, 4.69) is 41.4 Å². The van der Waals surface area contributed by atoms with Crippen LogP contribution in [-0.2, 0) is 14.8 Å². The lowest BCUT2D eigenvalue weighted by Gasteiger charge is -2.17. The van der Waals surface area contributed by atoms with Gasteiger partial charge in [0.05, 0.1) is 18.0 Å². The maximum Gasteiger partial charge on any atom is 0.257 e. The van der Waals surface area contributed by atoms with Gasteiger partial charge in [-0.15, -0.1) is 0 Å². The van der Waals surface area contributed by atoms with Gasteiger partial charge >= 0.3 is 0 Å². The van der Waals surface area contributed by atoms with Crippen LogP contribution in [0.5, 0.6) is 0 Å². The lowest BCUT2D eigenvalue weighted by Crippen LogP contribution is -2.27. The molecule has 0 radical (unpaired) electrons. The highest BCUT2D eigenvalue weighted by atomic mass is 32.2. The topological polar surface area (TPSA) is 91.9 Å². The number of fused-ring (bicyclic) bond motifs is 1. The predicted octanol–water partition coefficient (Wildman–Crippen LogP) is 5.02. The minimum Gasteiger partial charge on any atom is -0.278 e. The zero-order chi connectivity index (χ0) is 24.1. The fourth-order valence-corrected chi connectivity index (χ4v) is 4.36. The first-order valence-corrected chi connectivity index (χ1v) is 12.8. The molecular weight excluding hydrogens is 446 g/mol. The predicted molar refractivity (Wildman–Crippen MR) is 137 cm³/mol. The molecule has 4 rings (SSSR count). The van der Waals surface area contributed by atoms with Crippen LogP contribution in [0.25, 0.3) is 28.1 Å². The van der Waals surface area contributed by atoms with Gasteiger partial charge < -0.3 is 0 Å². The number of benzene rings is 3. The number of hydrogen-bond donors (Lipinski definition) is 2. The van der Waals surface area contributed by atoms with Crippen molar-refractivity contribution in [3.05, 3.63) is 107 Å². The van der Waals surface area contributed by atoms with E-state index < -0.39 is 15.9 Å². The highest BCUT2D eigenvalue weighted by Crippen LogP contribution is 2.35. The third-order valence-corrected chi connectivity index (χ3v) is 5.99. The quantitative estimate of drug-likeness (QED) is 0.292. The molecule has 7 heteroatoms. The number of rotatable bonds is 7. The molecular formula is C27H25N3O3S. The van der Waals surface area contributed by atoms with Crippen molar-refractivity contribution in [1.82, 2.24) is 14.9 Å². The molecule has 34 heavy (non-hydrogen) atoms. The van der Waals surface area contributed by atoms with Gasteiger partial charge in [-0.1, -0.05) is 67.6 Å². The Balaban J connectivity index is 1.77. The van der Waals surface area contributed by atoms with E-state index in [1.165, 1.54) is 11.6 Å². The third-order valence-electron chi connectivity index (χ3n) is 5.42. The summed E-state index contributed by atoms with van der Waals surface area (Å²) in [6.07, 6.45) is 6.40. The van der Waals surface area contributed by atoms with Crippen LogP contribution in [0.3, 0.4) is 0 Å². The van der Waals surface area contributed by atoms with Crippen molar-refractivity contribution in [3.8, 4) is 0 Å². The molecule has 0 unspecified atom stereocenters. The second-order valence-electron chi connectivity index (χ2n) is 7.94. The molecule has 1 heterocycles. The van der Waals surface area contributed by atoms with Crippen LogP contribution in [0.1, 0.15) is 35.6 Å². The van der Waals surface area contributed by atoms with Crippen molar-refractivity contribution in [2.24, 2.45) is 0 Å². The maximum absolute atomic E-state index is 11.8. The lowest BCUT2D eigenvalue weighted by atomic mass is 9.87. The van der Waals surface area contributed by atoms with Gasteiger partial charge in [0.15, 0.2) is 0 Å². The number of amides is 1. The Morgan fingerprint density at radius 2 is 1.68 bits per heavy atom. The molecule has 4 aromatic rings. The van der Waals surface area contributed by atoms with Crippen LogP contribution in [0.4, 0.5) is 0 Å². The molecule has 0 fully saturated rings. The minimum atomic E-state index is -3.59. The van der Waals surface area contributed by atoms with E-state index >= 15 is 0 Å². The Hall–Kier alpha value is -3.97. The average molecular weight is 472 g/mol. The van der Waals surface area contributed by atoms with Crippen molar-refractivity contribution < 1.29 is 13.2 Å². The molecule has 0 aliphatic carbocycles. The highest BCUT2D eigenvalue weighted by molar-refractivity contribution is 7.89. The maximum atomic E-state index is 11.8. The van der Waals surface area contributed by atoms with Crippen molar-refractivity contribution in [1.29, 1.82) is 0 Å². The number of nitrogens with zero attached hydrogens (tertiary/aromatic N) is 1. The first-order valence-electron chi connectivity index (χ1n) is 10.9. The number of aromatic amines is 1. The van der Waals surface area contributed by atoms with E-state index in [9.17, 15) is 13.2 Å². The molecule has 2 N–H and O–H groups in total. The van der Waals surface area contributed by atoms with E-state index in [-0.39, 0.29) is 0 Å². The summed E-state index contributed by atoms with van der Waals surface area (Å²) >= 11 is 0. The average Bonchev–Trinajstić information content (AvgIpc) is 3.29. The zero-order valence-corrected chi connectivity index (χ0v) is 19.8. The normalized spacial score (nSPS) is 12.6. The lowest BCUT2D eigenvalue weighted by molar-refractivity contribution is -0.114. The van der Waals surface area contributed by atoms with E-state index in [1.807, 2.05) is 59.4 Å². The molecule has 0 aliphatic rings. The van der Waals surface area contributed by atoms with Crippen LogP contribution in [0, 0.1) is 0 Å². The van der Waals surface area contributed by atoms with E-state index in [4.69, 9.17) is 0 Å². The van der Waals surface area contributed by atoms with E-state index in [1.54, 1.807) is 6.08 Å². The van der Waals surface area contributed by atoms with Gasteiger partial charge in [-0.05, 0) is 58.0 Å². The van der Waals surface area contributed by atoms with Crippen LogP contribution < -0.4 is 4.72 Å². The standard InChI is InChI=1S/C27H25N3O3S/c1-3-24(20-7-5-4-6-8-20)27(22-14-15-25-23(17-22)18-28-29-25)21-12-9-19(10-13-21)11-16-26(31)30-34(2,32)33/h4-18H,3H2,1-2H3,(H,28,29)(H,30,31). The molecule has 0 saturated heterocycles. The summed E-state index contributed by atoms with van der Waals surface area (Å²) in [5.74, 6) is -0.682.